The van der Waals surface area contributed by atoms with E-state index in [9.17, 15) is 34.2 Å². The summed E-state index contributed by atoms with van der Waals surface area (Å²) in [7, 11) is 0. The van der Waals surface area contributed by atoms with Gasteiger partial charge in [-0.15, -0.1) is 0 Å². The Labute approximate surface area is 174 Å². The molecule has 0 heterocycles. The van der Waals surface area contributed by atoms with Crippen LogP contribution in [0.25, 0.3) is 0 Å². The predicted molar refractivity (Wildman–Crippen MR) is 105 cm³/mol. The third-order valence-electron chi connectivity index (χ3n) is 4.12. The van der Waals surface area contributed by atoms with Crippen LogP contribution in [0.5, 0.6) is 0 Å². The zero-order chi connectivity index (χ0) is 23.6. The number of amides is 3. The molecule has 12 nitrogen and oxygen atoms in total. The van der Waals surface area contributed by atoms with E-state index in [0.717, 1.165) is 0 Å². The van der Waals surface area contributed by atoms with E-state index in [2.05, 4.69) is 16.0 Å². The molecule has 0 rings (SSSR count). The Morgan fingerprint density at radius 3 is 1.73 bits per heavy atom. The molecular formula is C18H32N4O8. The maximum Gasteiger partial charge on any atom is 0.326 e. The van der Waals surface area contributed by atoms with E-state index >= 15 is 0 Å². The second-order valence-electron chi connectivity index (χ2n) is 7.71. The van der Waals surface area contributed by atoms with Crippen molar-refractivity contribution in [2.24, 2.45) is 17.6 Å². The van der Waals surface area contributed by atoms with Crippen LogP contribution in [0, 0.1) is 11.8 Å². The number of rotatable bonds is 13. The topological polar surface area (TPSA) is 208 Å². The van der Waals surface area contributed by atoms with Crippen LogP contribution in [0.15, 0.2) is 0 Å². The largest absolute Gasteiger partial charge is 0.481 e. The van der Waals surface area contributed by atoms with Gasteiger partial charge in [0.1, 0.15) is 18.1 Å². The summed E-state index contributed by atoms with van der Waals surface area (Å²) in [5, 5.41) is 34.2. The number of aliphatic carboxylic acids is 2. The lowest BCUT2D eigenvalue weighted by atomic mass is 10.00. The van der Waals surface area contributed by atoms with Crippen molar-refractivity contribution in [3.63, 3.8) is 0 Å². The Bertz CT molecular complexity index is 638. The fourth-order valence-electron chi connectivity index (χ4n) is 2.50. The van der Waals surface area contributed by atoms with Gasteiger partial charge in [0.2, 0.25) is 17.7 Å². The monoisotopic (exact) mass is 432 g/mol. The van der Waals surface area contributed by atoms with Crippen molar-refractivity contribution in [3.8, 4) is 0 Å². The molecule has 0 spiro atoms. The minimum absolute atomic E-state index is 0.0467. The highest BCUT2D eigenvalue weighted by atomic mass is 16.4. The van der Waals surface area contributed by atoms with Gasteiger partial charge in [0, 0.05) is 0 Å². The van der Waals surface area contributed by atoms with Crippen molar-refractivity contribution in [2.75, 3.05) is 6.61 Å². The van der Waals surface area contributed by atoms with E-state index in [1.807, 2.05) is 0 Å². The lowest BCUT2D eigenvalue weighted by Crippen LogP contribution is -2.58. The van der Waals surface area contributed by atoms with Crippen LogP contribution < -0.4 is 21.7 Å². The molecule has 0 aliphatic rings. The van der Waals surface area contributed by atoms with Crippen LogP contribution in [0.3, 0.4) is 0 Å². The summed E-state index contributed by atoms with van der Waals surface area (Å²) in [6.07, 6.45) is -0.498. The lowest BCUT2D eigenvalue weighted by molar-refractivity contribution is -0.143. The summed E-state index contributed by atoms with van der Waals surface area (Å²) in [5.74, 6) is -5.55. The molecule has 0 saturated heterocycles. The fraction of sp³-hybridized carbons (Fsp3) is 0.722. The Kier molecular flexibility index (Phi) is 11.6. The Balaban J connectivity index is 5.26. The summed E-state index contributed by atoms with van der Waals surface area (Å²) in [6, 6.07) is -5.18. The van der Waals surface area contributed by atoms with Crippen LogP contribution in [0.1, 0.15) is 40.5 Å². The van der Waals surface area contributed by atoms with Crippen LogP contribution in [-0.4, -0.2) is 75.8 Å². The van der Waals surface area contributed by atoms with Gasteiger partial charge >= 0.3 is 11.9 Å². The normalized spacial score (nSPS) is 15.1. The number of hydrogen-bond donors (Lipinski definition) is 7. The molecule has 3 amide bonds. The lowest BCUT2D eigenvalue weighted by Gasteiger charge is -2.26. The molecule has 8 N–H and O–H groups in total. The molecule has 4 unspecified atom stereocenters. The number of carbonyl (C=O) groups excluding carboxylic acids is 3. The van der Waals surface area contributed by atoms with E-state index in [4.69, 9.17) is 10.8 Å². The molecule has 172 valence electrons. The van der Waals surface area contributed by atoms with Crippen LogP contribution in [0.2, 0.25) is 0 Å². The third kappa shape index (κ3) is 9.65. The van der Waals surface area contributed by atoms with Gasteiger partial charge in [0.25, 0.3) is 0 Å². The quantitative estimate of drug-likeness (QED) is 0.172. The van der Waals surface area contributed by atoms with Gasteiger partial charge in [-0.1, -0.05) is 27.7 Å². The zero-order valence-corrected chi connectivity index (χ0v) is 17.5. The number of aliphatic hydroxyl groups excluding tert-OH is 1. The highest BCUT2D eigenvalue weighted by Crippen LogP contribution is 2.08. The van der Waals surface area contributed by atoms with E-state index in [-0.39, 0.29) is 12.3 Å². The van der Waals surface area contributed by atoms with Gasteiger partial charge < -0.3 is 37.0 Å². The number of carboxylic acid groups (broad SMARTS) is 2. The smallest absolute Gasteiger partial charge is 0.326 e. The predicted octanol–water partition coefficient (Wildman–Crippen LogP) is -1.98. The van der Waals surface area contributed by atoms with Gasteiger partial charge in [0.05, 0.1) is 19.1 Å². The van der Waals surface area contributed by atoms with E-state index in [1.165, 1.54) is 0 Å². The molecule has 0 radical (unpaired) electrons. The summed E-state index contributed by atoms with van der Waals surface area (Å²) in [5.41, 5.74) is 5.42. The van der Waals surface area contributed by atoms with E-state index in [1.54, 1.807) is 27.7 Å². The molecular weight excluding hydrogens is 400 g/mol. The molecule has 0 aliphatic carbocycles. The second-order valence-corrected chi connectivity index (χ2v) is 7.71. The first-order valence-electron chi connectivity index (χ1n) is 9.52. The molecule has 0 aromatic heterocycles. The number of carboxylic acids is 2. The fourth-order valence-corrected chi connectivity index (χ4v) is 2.50. The standard InChI is InChI=1S/C18H32N4O8/c1-8(2)5-11(16(27)22-14(9(3)4)18(29)30)20-17(28)12(7-23)21-15(26)10(19)6-13(24)25/h8-12,14,23H,5-7,19H2,1-4H3,(H,20,28)(H,21,26)(H,22,27)(H,24,25)(H,29,30). The van der Waals surface area contributed by atoms with Crippen molar-refractivity contribution < 1.29 is 39.3 Å². The van der Waals surface area contributed by atoms with Crippen LogP contribution in [-0.2, 0) is 24.0 Å². The summed E-state index contributed by atoms with van der Waals surface area (Å²) in [4.78, 5) is 58.9. The number of nitrogens with one attached hydrogen (secondary N) is 3. The first-order valence-corrected chi connectivity index (χ1v) is 9.52. The average Bonchev–Trinajstić information content (AvgIpc) is 2.61. The Hall–Kier alpha value is -2.73. The van der Waals surface area contributed by atoms with Crippen molar-refractivity contribution in [1.29, 1.82) is 0 Å². The SMILES string of the molecule is CC(C)CC(NC(=O)C(CO)NC(=O)C(N)CC(=O)O)C(=O)NC(C(=O)O)C(C)C. The van der Waals surface area contributed by atoms with Crippen molar-refractivity contribution >= 4 is 29.7 Å². The maximum atomic E-state index is 12.6. The van der Waals surface area contributed by atoms with Crippen LogP contribution >= 0.6 is 0 Å². The number of carbonyl (C=O) groups is 5. The maximum absolute atomic E-state index is 12.6. The number of hydrogen-bond acceptors (Lipinski definition) is 7. The third-order valence-corrected chi connectivity index (χ3v) is 4.12. The zero-order valence-electron chi connectivity index (χ0n) is 17.5. The van der Waals surface area contributed by atoms with Crippen molar-refractivity contribution in [2.45, 2.75) is 64.7 Å². The molecule has 0 saturated carbocycles. The van der Waals surface area contributed by atoms with Crippen molar-refractivity contribution in [3.05, 3.63) is 0 Å². The van der Waals surface area contributed by atoms with Crippen molar-refractivity contribution in [1.82, 2.24) is 16.0 Å². The molecule has 0 aliphatic heterocycles. The van der Waals surface area contributed by atoms with E-state index < -0.39 is 72.8 Å². The second kappa shape index (κ2) is 12.8. The first-order chi connectivity index (χ1) is 13.8. The minimum atomic E-state index is -1.47. The van der Waals surface area contributed by atoms with Gasteiger partial charge in [-0.25, -0.2) is 4.79 Å². The average molecular weight is 432 g/mol. The Morgan fingerprint density at radius 1 is 0.833 bits per heavy atom. The molecule has 30 heavy (non-hydrogen) atoms. The van der Waals surface area contributed by atoms with E-state index in [0.29, 0.717) is 0 Å². The molecule has 0 fully saturated rings. The van der Waals surface area contributed by atoms with Gasteiger partial charge in [-0.05, 0) is 18.3 Å². The molecule has 12 heteroatoms. The summed E-state index contributed by atoms with van der Waals surface area (Å²) >= 11 is 0. The Morgan fingerprint density at radius 2 is 1.33 bits per heavy atom. The summed E-state index contributed by atoms with van der Waals surface area (Å²) < 4.78 is 0. The van der Waals surface area contributed by atoms with Gasteiger partial charge in [0.15, 0.2) is 0 Å². The molecule has 0 aromatic rings. The number of nitrogens with two attached hydrogens (primary N) is 1. The summed E-state index contributed by atoms with van der Waals surface area (Å²) in [6.45, 7) is 6.00. The molecule has 0 bridgehead atoms. The van der Waals surface area contributed by atoms with Crippen LogP contribution in [0.4, 0.5) is 0 Å². The number of aliphatic hydroxyl groups is 1. The highest BCUT2D eigenvalue weighted by Gasteiger charge is 2.31. The van der Waals surface area contributed by atoms with Gasteiger partial charge in [-0.3, -0.25) is 19.2 Å². The molecule has 4 atom stereocenters. The minimum Gasteiger partial charge on any atom is -0.481 e. The molecule has 0 aromatic carbocycles. The first kappa shape index (κ1) is 27.3. The van der Waals surface area contributed by atoms with Gasteiger partial charge in [-0.2, -0.15) is 0 Å². The highest BCUT2D eigenvalue weighted by molar-refractivity contribution is 5.94.